The number of hydrogen-bond donors (Lipinski definition) is 0. The summed E-state index contributed by atoms with van der Waals surface area (Å²) >= 11 is 0. The molecule has 0 saturated carbocycles. The molecule has 13 aromatic rings. The zero-order valence-electron chi connectivity index (χ0n) is 33.9. The Morgan fingerprint density at radius 3 is 1.37 bits per heavy atom. The Morgan fingerprint density at radius 1 is 0.270 bits per heavy atom. The fourth-order valence-electron chi connectivity index (χ4n) is 9.63. The summed E-state index contributed by atoms with van der Waals surface area (Å²) in [6, 6.07) is 75.1. The molecular formula is C58H35N5. The van der Waals surface area contributed by atoms with E-state index in [-0.39, 0.29) is 0 Å². The van der Waals surface area contributed by atoms with E-state index in [1.165, 1.54) is 32.4 Å². The van der Waals surface area contributed by atoms with Gasteiger partial charge in [-0.15, -0.1) is 0 Å². The van der Waals surface area contributed by atoms with Crippen LogP contribution in [0.4, 0.5) is 0 Å². The molecular weight excluding hydrogens is 767 g/mol. The van der Waals surface area contributed by atoms with Gasteiger partial charge in [0.2, 0.25) is 0 Å². The number of rotatable bonds is 5. The minimum atomic E-state index is 0.611. The van der Waals surface area contributed by atoms with E-state index in [0.29, 0.717) is 17.5 Å². The van der Waals surface area contributed by atoms with Crippen LogP contribution < -0.4 is 0 Å². The Morgan fingerprint density at radius 2 is 0.730 bits per heavy atom. The Balaban J connectivity index is 1.01. The number of fused-ring (bicyclic) bond motifs is 11. The lowest BCUT2D eigenvalue weighted by Crippen LogP contribution is -2.01. The van der Waals surface area contributed by atoms with E-state index in [2.05, 4.69) is 217 Å². The summed E-state index contributed by atoms with van der Waals surface area (Å²) in [6.45, 7) is 0. The van der Waals surface area contributed by atoms with Crippen molar-refractivity contribution >= 4 is 70.5 Å². The van der Waals surface area contributed by atoms with E-state index in [9.17, 15) is 0 Å². The van der Waals surface area contributed by atoms with Gasteiger partial charge in [0.15, 0.2) is 17.5 Å². The summed E-state index contributed by atoms with van der Waals surface area (Å²) in [5.74, 6) is 1.88. The monoisotopic (exact) mass is 801 g/mol. The minimum absolute atomic E-state index is 0.611. The molecule has 0 aliphatic carbocycles. The first-order valence-corrected chi connectivity index (χ1v) is 21.3. The highest BCUT2D eigenvalue weighted by atomic mass is 15.0. The Kier molecular flexibility index (Phi) is 7.84. The summed E-state index contributed by atoms with van der Waals surface area (Å²) in [7, 11) is 0. The van der Waals surface area contributed by atoms with Crippen LogP contribution in [0, 0.1) is 0 Å². The van der Waals surface area contributed by atoms with E-state index in [4.69, 9.17) is 19.9 Å². The van der Waals surface area contributed by atoms with Gasteiger partial charge in [0, 0.05) is 27.6 Å². The fourth-order valence-corrected chi connectivity index (χ4v) is 9.63. The largest absolute Gasteiger partial charge is 0.306 e. The molecule has 3 heterocycles. The van der Waals surface area contributed by atoms with Gasteiger partial charge in [0.25, 0.3) is 0 Å². The smallest absolute Gasteiger partial charge is 0.164 e. The molecule has 0 N–H and O–H groups in total. The molecule has 0 spiro atoms. The Hall–Kier alpha value is -8.54. The second-order valence-electron chi connectivity index (χ2n) is 16.2. The maximum absolute atomic E-state index is 5.37. The molecule has 63 heavy (non-hydrogen) atoms. The summed E-state index contributed by atoms with van der Waals surface area (Å²) in [5.41, 5.74) is 11.3. The molecule has 10 aromatic carbocycles. The van der Waals surface area contributed by atoms with Crippen LogP contribution in [-0.2, 0) is 0 Å². The van der Waals surface area contributed by atoms with Crippen molar-refractivity contribution in [3.63, 3.8) is 0 Å². The van der Waals surface area contributed by atoms with Crippen molar-refractivity contribution in [3.05, 3.63) is 212 Å². The number of nitrogens with zero attached hydrogens (tertiary/aromatic N) is 5. The average molecular weight is 802 g/mol. The van der Waals surface area contributed by atoms with Crippen molar-refractivity contribution in [2.45, 2.75) is 0 Å². The molecule has 5 heteroatoms. The molecule has 0 radical (unpaired) electrons. The molecule has 0 atom stereocenters. The van der Waals surface area contributed by atoms with Gasteiger partial charge in [-0.1, -0.05) is 164 Å². The van der Waals surface area contributed by atoms with Crippen LogP contribution in [0.25, 0.3) is 127 Å². The average Bonchev–Trinajstić information content (AvgIpc) is 3.76. The maximum atomic E-state index is 5.37. The molecule has 0 aliphatic heterocycles. The van der Waals surface area contributed by atoms with Crippen LogP contribution in [0.15, 0.2) is 212 Å². The molecule has 3 aromatic heterocycles. The summed E-state index contributed by atoms with van der Waals surface area (Å²) in [4.78, 5) is 21.3. The van der Waals surface area contributed by atoms with Crippen LogP contribution in [0.3, 0.4) is 0 Å². The molecule has 13 rings (SSSR count). The number of aromatic nitrogens is 5. The predicted molar refractivity (Wildman–Crippen MR) is 261 cm³/mol. The fraction of sp³-hybridized carbons (Fsp3) is 0. The summed E-state index contributed by atoms with van der Waals surface area (Å²) < 4.78 is 2.34. The molecule has 0 fully saturated rings. The van der Waals surface area contributed by atoms with Gasteiger partial charge < -0.3 is 4.40 Å². The molecule has 292 valence electrons. The standard InChI is InChI=1S/C58H35N5/c1-4-22-43-38(15-1)33-49(47-26-8-6-24-45(43)47)57-60-56(61-58(62-57)50-34-39-16-2-5-23-44(39)46-25-7-9-27-48(46)50)42-21-14-19-37(32-42)36-18-13-20-41(31-36)55-54-35-40-17-3-11-29-52(40)63(54)53-30-12-10-28-51(53)59-55/h1-35H. The van der Waals surface area contributed by atoms with Gasteiger partial charge in [-0.05, 0) is 103 Å². The topological polar surface area (TPSA) is 56.0 Å². The van der Waals surface area contributed by atoms with E-state index < -0.39 is 0 Å². The van der Waals surface area contributed by atoms with E-state index in [0.717, 1.165) is 77.2 Å². The third-order valence-electron chi connectivity index (χ3n) is 12.6. The van der Waals surface area contributed by atoms with Gasteiger partial charge in [-0.2, -0.15) is 0 Å². The van der Waals surface area contributed by atoms with Gasteiger partial charge in [-0.3, -0.25) is 0 Å². The normalized spacial score (nSPS) is 11.8. The second kappa shape index (κ2) is 14.0. The van der Waals surface area contributed by atoms with Crippen molar-refractivity contribution in [1.82, 2.24) is 24.3 Å². The van der Waals surface area contributed by atoms with Crippen molar-refractivity contribution < 1.29 is 0 Å². The highest BCUT2D eigenvalue weighted by Gasteiger charge is 2.19. The first-order valence-electron chi connectivity index (χ1n) is 21.3. The SMILES string of the molecule is c1cc(-c2cccc(-c3nc4ccccc4n4c3cc3ccccc34)c2)cc(-c2nc(-c3cc4ccccc4c4ccccc34)nc(-c3cc4ccccc4c4ccccc34)n2)c1. The summed E-state index contributed by atoms with van der Waals surface area (Å²) in [6.07, 6.45) is 0. The quantitative estimate of drug-likeness (QED) is 0.163. The number of hydrogen-bond acceptors (Lipinski definition) is 4. The zero-order valence-corrected chi connectivity index (χ0v) is 33.9. The molecule has 5 nitrogen and oxygen atoms in total. The van der Waals surface area contributed by atoms with Crippen LogP contribution in [0.1, 0.15) is 0 Å². The lowest BCUT2D eigenvalue weighted by atomic mass is 9.96. The van der Waals surface area contributed by atoms with Crippen molar-refractivity contribution in [1.29, 1.82) is 0 Å². The van der Waals surface area contributed by atoms with Crippen molar-refractivity contribution in [2.24, 2.45) is 0 Å². The van der Waals surface area contributed by atoms with Crippen molar-refractivity contribution in [3.8, 4) is 56.5 Å². The third-order valence-corrected chi connectivity index (χ3v) is 12.6. The van der Waals surface area contributed by atoms with Crippen LogP contribution in [-0.4, -0.2) is 24.3 Å². The third kappa shape index (κ3) is 5.71. The first kappa shape index (κ1) is 35.2. The van der Waals surface area contributed by atoms with Crippen molar-refractivity contribution in [2.75, 3.05) is 0 Å². The van der Waals surface area contributed by atoms with Crippen LogP contribution >= 0.6 is 0 Å². The molecule has 0 saturated heterocycles. The van der Waals surface area contributed by atoms with Crippen LogP contribution in [0.2, 0.25) is 0 Å². The van der Waals surface area contributed by atoms with E-state index in [1.54, 1.807) is 0 Å². The first-order chi connectivity index (χ1) is 31.2. The van der Waals surface area contributed by atoms with Gasteiger partial charge in [0.05, 0.1) is 27.8 Å². The van der Waals surface area contributed by atoms with E-state index >= 15 is 0 Å². The van der Waals surface area contributed by atoms with Gasteiger partial charge >= 0.3 is 0 Å². The molecule has 0 bridgehead atoms. The second-order valence-corrected chi connectivity index (χ2v) is 16.2. The molecule has 0 amide bonds. The predicted octanol–water partition coefficient (Wildman–Crippen LogP) is 14.8. The highest BCUT2D eigenvalue weighted by Crippen LogP contribution is 2.39. The zero-order chi connectivity index (χ0) is 41.4. The van der Waals surface area contributed by atoms with E-state index in [1.807, 2.05) is 0 Å². The van der Waals surface area contributed by atoms with Gasteiger partial charge in [-0.25, -0.2) is 19.9 Å². The molecule has 0 unspecified atom stereocenters. The Labute approximate surface area is 362 Å². The Bertz CT molecular complexity index is 3860. The summed E-state index contributed by atoms with van der Waals surface area (Å²) in [5, 5.41) is 10.4. The lowest BCUT2D eigenvalue weighted by molar-refractivity contribution is 1.08. The van der Waals surface area contributed by atoms with Gasteiger partial charge in [0.1, 0.15) is 0 Å². The lowest BCUT2D eigenvalue weighted by Gasteiger charge is -2.14. The number of para-hydroxylation sites is 3. The molecule has 0 aliphatic rings. The highest BCUT2D eigenvalue weighted by molar-refractivity contribution is 6.15. The van der Waals surface area contributed by atoms with Crippen LogP contribution in [0.5, 0.6) is 0 Å². The minimum Gasteiger partial charge on any atom is -0.306 e. The number of benzene rings is 10. The maximum Gasteiger partial charge on any atom is 0.164 e.